The number of nitrogens with one attached hydrogen (secondary N) is 2. The van der Waals surface area contributed by atoms with Gasteiger partial charge in [-0.05, 0) is 6.07 Å². The first-order valence-corrected chi connectivity index (χ1v) is 7.65. The van der Waals surface area contributed by atoms with Crippen molar-refractivity contribution >= 4 is 23.1 Å². The predicted octanol–water partition coefficient (Wildman–Crippen LogP) is 2.17. The third-order valence-corrected chi connectivity index (χ3v) is 4.08. The van der Waals surface area contributed by atoms with E-state index in [0.29, 0.717) is 29.6 Å². The normalized spacial score (nSPS) is 21.0. The zero-order valence-corrected chi connectivity index (χ0v) is 12.8. The van der Waals surface area contributed by atoms with Crippen molar-refractivity contribution in [2.75, 3.05) is 18.4 Å². The topological polar surface area (TPSA) is 67.1 Å². The van der Waals surface area contributed by atoms with Gasteiger partial charge >= 0.3 is 0 Å². The molecule has 2 N–H and O–H groups in total. The van der Waals surface area contributed by atoms with Gasteiger partial charge < -0.3 is 10.6 Å². The van der Waals surface area contributed by atoms with E-state index in [1.165, 1.54) is 0 Å². The van der Waals surface area contributed by atoms with E-state index in [4.69, 9.17) is 11.6 Å². The van der Waals surface area contributed by atoms with Gasteiger partial charge in [-0.3, -0.25) is 9.38 Å². The van der Waals surface area contributed by atoms with Crippen molar-refractivity contribution in [3.8, 4) is 11.4 Å². The first-order chi connectivity index (χ1) is 11.2. The lowest BCUT2D eigenvalue weighted by Crippen LogP contribution is -2.29. The molecule has 23 heavy (non-hydrogen) atoms. The van der Waals surface area contributed by atoms with Crippen LogP contribution in [0, 0.1) is 0 Å². The SMILES string of the molecule is FC1CNCC1Nc1cncc(-c2cnc3cc(Cl)ccn23)n1. The average molecular weight is 333 g/mol. The molecule has 6 nitrogen and oxygen atoms in total. The van der Waals surface area contributed by atoms with Gasteiger partial charge in [-0.2, -0.15) is 0 Å². The van der Waals surface area contributed by atoms with E-state index in [1.54, 1.807) is 30.7 Å². The van der Waals surface area contributed by atoms with Gasteiger partial charge in [0, 0.05) is 30.4 Å². The van der Waals surface area contributed by atoms with Crippen LogP contribution in [0.5, 0.6) is 0 Å². The fraction of sp³-hybridized carbons (Fsp3) is 0.267. The van der Waals surface area contributed by atoms with Crippen molar-refractivity contribution in [2.45, 2.75) is 12.2 Å². The van der Waals surface area contributed by atoms with Crippen LogP contribution in [0.25, 0.3) is 17.0 Å². The summed E-state index contributed by atoms with van der Waals surface area (Å²) in [5.41, 5.74) is 2.19. The van der Waals surface area contributed by atoms with Crippen LogP contribution >= 0.6 is 11.6 Å². The second-order valence-corrected chi connectivity index (χ2v) is 5.87. The number of aromatic nitrogens is 4. The fourth-order valence-corrected chi connectivity index (χ4v) is 2.84. The van der Waals surface area contributed by atoms with Crippen LogP contribution in [-0.4, -0.2) is 44.7 Å². The summed E-state index contributed by atoms with van der Waals surface area (Å²) >= 11 is 5.98. The summed E-state index contributed by atoms with van der Waals surface area (Å²) in [5, 5.41) is 6.71. The smallest absolute Gasteiger partial charge is 0.145 e. The maximum absolute atomic E-state index is 13.7. The number of rotatable bonds is 3. The van der Waals surface area contributed by atoms with Gasteiger partial charge in [-0.25, -0.2) is 14.4 Å². The molecule has 3 aromatic heterocycles. The van der Waals surface area contributed by atoms with Crippen molar-refractivity contribution < 1.29 is 4.39 Å². The highest BCUT2D eigenvalue weighted by Gasteiger charge is 2.26. The maximum Gasteiger partial charge on any atom is 0.145 e. The van der Waals surface area contributed by atoms with E-state index >= 15 is 0 Å². The van der Waals surface area contributed by atoms with Gasteiger partial charge in [0.25, 0.3) is 0 Å². The molecule has 0 aliphatic carbocycles. The highest BCUT2D eigenvalue weighted by atomic mass is 35.5. The largest absolute Gasteiger partial charge is 0.362 e. The summed E-state index contributed by atoms with van der Waals surface area (Å²) < 4.78 is 15.6. The summed E-state index contributed by atoms with van der Waals surface area (Å²) in [7, 11) is 0. The molecule has 3 aromatic rings. The first-order valence-electron chi connectivity index (χ1n) is 7.27. The molecule has 0 amide bonds. The van der Waals surface area contributed by atoms with E-state index in [9.17, 15) is 4.39 Å². The van der Waals surface area contributed by atoms with Crippen molar-refractivity contribution in [1.82, 2.24) is 24.7 Å². The minimum atomic E-state index is -0.932. The Labute approximate surface area is 136 Å². The highest BCUT2D eigenvalue weighted by molar-refractivity contribution is 6.30. The Hall–Kier alpha value is -2.25. The van der Waals surface area contributed by atoms with E-state index in [2.05, 4.69) is 25.6 Å². The van der Waals surface area contributed by atoms with Crippen LogP contribution in [0.2, 0.25) is 5.02 Å². The van der Waals surface area contributed by atoms with Crippen molar-refractivity contribution in [2.24, 2.45) is 0 Å². The number of nitrogens with zero attached hydrogens (tertiary/aromatic N) is 4. The number of hydrogen-bond acceptors (Lipinski definition) is 5. The molecular formula is C15H14ClFN6. The Morgan fingerprint density at radius 2 is 2.22 bits per heavy atom. The number of hydrogen-bond donors (Lipinski definition) is 2. The zero-order valence-electron chi connectivity index (χ0n) is 12.1. The van der Waals surface area contributed by atoms with E-state index < -0.39 is 6.17 Å². The van der Waals surface area contributed by atoms with Crippen molar-refractivity contribution in [3.63, 3.8) is 0 Å². The van der Waals surface area contributed by atoms with E-state index in [-0.39, 0.29) is 6.04 Å². The monoisotopic (exact) mass is 332 g/mol. The standard InChI is InChI=1S/C15H14ClFN6/c16-9-1-2-23-13(7-20-15(23)3-9)12-6-19-8-14(22-12)21-11-5-18-4-10(11)17/h1-3,6-8,10-11,18H,4-5H2,(H,21,22). The minimum absolute atomic E-state index is 0.291. The van der Waals surface area contributed by atoms with Crippen molar-refractivity contribution in [3.05, 3.63) is 41.9 Å². The van der Waals surface area contributed by atoms with Gasteiger partial charge in [0.1, 0.15) is 23.3 Å². The zero-order chi connectivity index (χ0) is 15.8. The van der Waals surface area contributed by atoms with Crippen LogP contribution in [0.4, 0.5) is 10.2 Å². The molecule has 1 saturated heterocycles. The molecule has 0 aromatic carbocycles. The van der Waals surface area contributed by atoms with Crippen LogP contribution in [0.1, 0.15) is 0 Å². The van der Waals surface area contributed by atoms with Crippen LogP contribution in [-0.2, 0) is 0 Å². The van der Waals surface area contributed by atoms with Crippen molar-refractivity contribution in [1.29, 1.82) is 0 Å². The lowest BCUT2D eigenvalue weighted by atomic mass is 10.2. The quantitative estimate of drug-likeness (QED) is 0.769. The van der Waals surface area contributed by atoms with Crippen LogP contribution in [0.15, 0.2) is 36.9 Å². The number of halogens is 2. The Bertz CT molecular complexity index is 851. The molecule has 2 unspecified atom stereocenters. The van der Waals surface area contributed by atoms with Gasteiger partial charge in [0.05, 0.1) is 30.3 Å². The Morgan fingerprint density at radius 1 is 1.30 bits per heavy atom. The third kappa shape index (κ3) is 2.73. The highest BCUT2D eigenvalue weighted by Crippen LogP contribution is 2.22. The summed E-state index contributed by atoms with van der Waals surface area (Å²) in [6, 6.07) is 3.27. The second kappa shape index (κ2) is 5.75. The molecule has 4 heterocycles. The summed E-state index contributed by atoms with van der Waals surface area (Å²) in [5.74, 6) is 0.544. The number of alkyl halides is 1. The lowest BCUT2D eigenvalue weighted by Gasteiger charge is -2.14. The Kier molecular flexibility index (Phi) is 3.59. The molecular weight excluding hydrogens is 319 g/mol. The van der Waals surface area contributed by atoms with Gasteiger partial charge in [0.15, 0.2) is 0 Å². The lowest BCUT2D eigenvalue weighted by molar-refractivity contribution is 0.342. The molecule has 0 spiro atoms. The number of pyridine rings is 1. The average Bonchev–Trinajstić information content (AvgIpc) is 3.14. The summed E-state index contributed by atoms with van der Waals surface area (Å²) in [6.45, 7) is 0.931. The molecule has 1 aliphatic heterocycles. The first kappa shape index (κ1) is 14.3. The molecule has 1 fully saturated rings. The fourth-order valence-electron chi connectivity index (χ4n) is 2.68. The molecule has 8 heteroatoms. The molecule has 1 aliphatic rings. The number of imidazole rings is 1. The van der Waals surface area contributed by atoms with Gasteiger partial charge in [0.2, 0.25) is 0 Å². The number of fused-ring (bicyclic) bond motifs is 1. The molecule has 4 rings (SSSR count). The van der Waals surface area contributed by atoms with E-state index in [0.717, 1.165) is 11.3 Å². The Balaban J connectivity index is 1.67. The maximum atomic E-state index is 13.7. The third-order valence-electron chi connectivity index (χ3n) is 3.85. The molecule has 118 valence electrons. The molecule has 0 bridgehead atoms. The van der Waals surface area contributed by atoms with E-state index in [1.807, 2.05) is 10.6 Å². The molecule has 0 radical (unpaired) electrons. The molecule has 0 saturated carbocycles. The second-order valence-electron chi connectivity index (χ2n) is 5.43. The van der Waals surface area contributed by atoms with Crippen LogP contribution < -0.4 is 10.6 Å². The number of anilines is 1. The Morgan fingerprint density at radius 3 is 3.04 bits per heavy atom. The minimum Gasteiger partial charge on any atom is -0.362 e. The van der Waals surface area contributed by atoms with Gasteiger partial charge in [-0.1, -0.05) is 11.6 Å². The molecule has 2 atom stereocenters. The van der Waals surface area contributed by atoms with Gasteiger partial charge in [-0.15, -0.1) is 0 Å². The predicted molar refractivity (Wildman–Crippen MR) is 86.4 cm³/mol. The summed E-state index contributed by atoms with van der Waals surface area (Å²) in [6.07, 6.45) is 5.87. The summed E-state index contributed by atoms with van der Waals surface area (Å²) in [4.78, 5) is 13.0. The van der Waals surface area contributed by atoms with Crippen LogP contribution in [0.3, 0.4) is 0 Å².